The molecule has 0 aliphatic rings. The van der Waals surface area contributed by atoms with E-state index in [2.05, 4.69) is 0 Å². The molecule has 0 amide bonds. The Morgan fingerprint density at radius 3 is 2.11 bits per heavy atom. The molecule has 0 aliphatic carbocycles. The van der Waals surface area contributed by atoms with Crippen LogP contribution in [0.2, 0.25) is 20.1 Å². The molecule has 0 saturated carbocycles. The van der Waals surface area contributed by atoms with Crippen LogP contribution in [0.15, 0.2) is 30.3 Å². The minimum atomic E-state index is -2.67. The molecule has 0 atom stereocenters. The fraction of sp³-hybridized carbons (Fsp3) is 0.0769. The quantitative estimate of drug-likeness (QED) is 0.521. The molecule has 0 aliphatic heterocycles. The molecule has 0 aromatic heterocycles. The van der Waals surface area contributed by atoms with Crippen LogP contribution in [0.25, 0.3) is 11.1 Å². The lowest BCUT2D eigenvalue weighted by Gasteiger charge is -2.13. The monoisotopic (exact) mass is 340 g/mol. The zero-order valence-electron chi connectivity index (χ0n) is 9.23. The lowest BCUT2D eigenvalue weighted by molar-refractivity contribution is 0.152. The van der Waals surface area contributed by atoms with Crippen LogP contribution >= 0.6 is 46.4 Å². The first-order valence-electron chi connectivity index (χ1n) is 5.14. The number of benzene rings is 2. The maximum atomic E-state index is 13.0. The molecule has 2 aromatic carbocycles. The van der Waals surface area contributed by atoms with Crippen molar-refractivity contribution in [2.45, 2.75) is 6.43 Å². The summed E-state index contributed by atoms with van der Waals surface area (Å²) in [6.07, 6.45) is -2.67. The van der Waals surface area contributed by atoms with Crippen LogP contribution in [0.3, 0.4) is 0 Å². The number of alkyl halides is 2. The molecule has 0 nitrogen and oxygen atoms in total. The Labute approximate surface area is 128 Å². The first kappa shape index (κ1) is 14.9. The Morgan fingerprint density at radius 2 is 1.47 bits per heavy atom. The Kier molecular flexibility index (Phi) is 4.57. The third kappa shape index (κ3) is 2.82. The minimum absolute atomic E-state index is 0.101. The molecule has 2 aromatic rings. The third-order valence-electron chi connectivity index (χ3n) is 2.59. The smallest absolute Gasteiger partial charge is 0.205 e. The highest BCUT2D eigenvalue weighted by atomic mass is 35.5. The molecule has 0 bridgehead atoms. The number of hydrogen-bond donors (Lipinski definition) is 0. The summed E-state index contributed by atoms with van der Waals surface area (Å²) < 4.78 is 26.1. The van der Waals surface area contributed by atoms with Crippen LogP contribution in [0.4, 0.5) is 8.78 Å². The van der Waals surface area contributed by atoms with Crippen molar-refractivity contribution in [1.82, 2.24) is 0 Å². The molecular weight excluding hydrogens is 336 g/mol. The average molecular weight is 342 g/mol. The van der Waals surface area contributed by atoms with Gasteiger partial charge in [-0.2, -0.15) is 0 Å². The van der Waals surface area contributed by atoms with E-state index >= 15 is 0 Å². The maximum Gasteiger partial charge on any atom is 0.264 e. The average Bonchev–Trinajstić information content (AvgIpc) is 2.37. The molecule has 0 fully saturated rings. The zero-order chi connectivity index (χ0) is 14.2. The first-order chi connectivity index (χ1) is 8.93. The van der Waals surface area contributed by atoms with E-state index in [0.717, 1.165) is 0 Å². The zero-order valence-corrected chi connectivity index (χ0v) is 12.3. The van der Waals surface area contributed by atoms with Crippen LogP contribution in [-0.2, 0) is 0 Å². The minimum Gasteiger partial charge on any atom is -0.205 e. The SMILES string of the molecule is FC(F)c1cccc(Cl)c1-c1ccc(Cl)c(Cl)c1Cl. The summed E-state index contributed by atoms with van der Waals surface area (Å²) in [6, 6.07) is 7.28. The molecule has 6 heteroatoms. The second-order valence-corrected chi connectivity index (χ2v) is 5.30. The van der Waals surface area contributed by atoms with Crippen molar-refractivity contribution in [3.63, 3.8) is 0 Å². The maximum absolute atomic E-state index is 13.0. The van der Waals surface area contributed by atoms with Crippen molar-refractivity contribution in [2.75, 3.05) is 0 Å². The summed E-state index contributed by atoms with van der Waals surface area (Å²) in [7, 11) is 0. The molecule has 0 spiro atoms. The summed E-state index contributed by atoms with van der Waals surface area (Å²) >= 11 is 23.8. The fourth-order valence-electron chi connectivity index (χ4n) is 1.73. The van der Waals surface area contributed by atoms with E-state index < -0.39 is 6.43 Å². The van der Waals surface area contributed by atoms with Gasteiger partial charge in [0.15, 0.2) is 0 Å². The highest BCUT2D eigenvalue weighted by molar-refractivity contribution is 6.49. The van der Waals surface area contributed by atoms with E-state index in [1.807, 2.05) is 0 Å². The standard InChI is InChI=1S/C13H6Cl4F2/c14-8-3-1-2-7(13(18)19)10(8)6-4-5-9(15)12(17)11(6)16/h1-5,13H. The van der Waals surface area contributed by atoms with E-state index in [0.29, 0.717) is 5.56 Å². The molecule has 100 valence electrons. The highest BCUT2D eigenvalue weighted by Gasteiger charge is 2.20. The second kappa shape index (κ2) is 5.84. The van der Waals surface area contributed by atoms with E-state index in [4.69, 9.17) is 46.4 Å². The van der Waals surface area contributed by atoms with Gasteiger partial charge in [0.2, 0.25) is 0 Å². The molecule has 0 heterocycles. The van der Waals surface area contributed by atoms with Gasteiger partial charge >= 0.3 is 0 Å². The van der Waals surface area contributed by atoms with Crippen molar-refractivity contribution < 1.29 is 8.78 Å². The van der Waals surface area contributed by atoms with E-state index in [9.17, 15) is 8.78 Å². The molecule has 0 unspecified atom stereocenters. The lowest BCUT2D eigenvalue weighted by Crippen LogP contribution is -1.92. The summed E-state index contributed by atoms with van der Waals surface area (Å²) in [5.74, 6) is 0. The van der Waals surface area contributed by atoms with Crippen LogP contribution in [0, 0.1) is 0 Å². The van der Waals surface area contributed by atoms with Gasteiger partial charge in [0.1, 0.15) is 0 Å². The van der Waals surface area contributed by atoms with Crippen LogP contribution in [0.1, 0.15) is 12.0 Å². The van der Waals surface area contributed by atoms with Crippen molar-refractivity contribution in [3.8, 4) is 11.1 Å². The lowest BCUT2D eigenvalue weighted by atomic mass is 9.99. The third-order valence-corrected chi connectivity index (χ3v) is 4.19. The van der Waals surface area contributed by atoms with Crippen molar-refractivity contribution >= 4 is 46.4 Å². The summed E-state index contributed by atoms with van der Waals surface area (Å²) in [6.45, 7) is 0. The van der Waals surface area contributed by atoms with E-state index in [1.165, 1.54) is 30.3 Å². The normalized spacial score (nSPS) is 11.1. The van der Waals surface area contributed by atoms with Gasteiger partial charge in [-0.15, -0.1) is 0 Å². The van der Waals surface area contributed by atoms with Crippen molar-refractivity contribution in [1.29, 1.82) is 0 Å². The Bertz CT molecular complexity index is 626. The predicted octanol–water partition coefficient (Wildman–Crippen LogP) is 6.90. The predicted molar refractivity (Wildman–Crippen MR) is 76.9 cm³/mol. The highest BCUT2D eigenvalue weighted by Crippen LogP contribution is 2.43. The summed E-state index contributed by atoms with van der Waals surface area (Å²) in [4.78, 5) is 0. The van der Waals surface area contributed by atoms with E-state index in [-0.39, 0.29) is 31.2 Å². The van der Waals surface area contributed by atoms with Crippen molar-refractivity contribution in [2.24, 2.45) is 0 Å². The van der Waals surface area contributed by atoms with Gasteiger partial charge in [-0.25, -0.2) is 8.78 Å². The van der Waals surface area contributed by atoms with Gasteiger partial charge in [-0.05, 0) is 12.1 Å². The van der Waals surface area contributed by atoms with Crippen molar-refractivity contribution in [3.05, 3.63) is 56.0 Å². The van der Waals surface area contributed by atoms with Crippen LogP contribution in [-0.4, -0.2) is 0 Å². The molecule has 0 radical (unpaired) electrons. The number of hydrogen-bond acceptors (Lipinski definition) is 0. The molecule has 0 N–H and O–H groups in total. The fourth-order valence-corrected chi connectivity index (χ4v) is 2.64. The van der Waals surface area contributed by atoms with Gasteiger partial charge in [-0.3, -0.25) is 0 Å². The number of rotatable bonds is 2. The molecule has 19 heavy (non-hydrogen) atoms. The number of halogens is 6. The van der Waals surface area contributed by atoms with Crippen LogP contribution < -0.4 is 0 Å². The largest absolute Gasteiger partial charge is 0.264 e. The van der Waals surface area contributed by atoms with Gasteiger partial charge in [-0.1, -0.05) is 64.6 Å². The van der Waals surface area contributed by atoms with Crippen LogP contribution in [0.5, 0.6) is 0 Å². The Morgan fingerprint density at radius 1 is 0.789 bits per heavy atom. The Balaban J connectivity index is 2.76. The molecule has 0 saturated heterocycles. The second-order valence-electron chi connectivity index (χ2n) is 3.73. The first-order valence-corrected chi connectivity index (χ1v) is 6.65. The molecular formula is C13H6Cl4F2. The van der Waals surface area contributed by atoms with Gasteiger partial charge in [0.25, 0.3) is 6.43 Å². The Hall–Kier alpha value is -0.540. The van der Waals surface area contributed by atoms with Gasteiger partial charge in [0, 0.05) is 21.7 Å². The van der Waals surface area contributed by atoms with E-state index in [1.54, 1.807) is 0 Å². The molecule has 2 rings (SSSR count). The van der Waals surface area contributed by atoms with Gasteiger partial charge in [0.05, 0.1) is 15.1 Å². The summed E-state index contributed by atoms with van der Waals surface area (Å²) in [5.41, 5.74) is 0.299. The summed E-state index contributed by atoms with van der Waals surface area (Å²) in [5, 5.41) is 0.643. The van der Waals surface area contributed by atoms with Gasteiger partial charge < -0.3 is 0 Å². The topological polar surface area (TPSA) is 0 Å².